The molecule has 20 heavy (non-hydrogen) atoms. The Bertz CT molecular complexity index is 698. The van der Waals surface area contributed by atoms with E-state index in [1.54, 1.807) is 6.92 Å². The summed E-state index contributed by atoms with van der Waals surface area (Å²) in [5.74, 6) is -1.99. The third-order valence-corrected chi connectivity index (χ3v) is 2.66. The molecule has 0 fully saturated rings. The Morgan fingerprint density at radius 2 is 2.25 bits per heavy atom. The summed E-state index contributed by atoms with van der Waals surface area (Å²) in [6, 6.07) is 2.85. The molecule has 0 aliphatic heterocycles. The second kappa shape index (κ2) is 5.03. The van der Waals surface area contributed by atoms with Crippen LogP contribution in [0.3, 0.4) is 0 Å². The lowest BCUT2D eigenvalue weighted by molar-refractivity contribution is -0.384. The maximum atomic E-state index is 13.3. The second-order valence-corrected chi connectivity index (χ2v) is 3.85. The topological polar surface area (TPSA) is 111 Å². The SMILES string of the molecule is CCc1c(C(=O)O)nnn1-c1cc(F)ccc1[N+](=O)[O-]. The van der Waals surface area contributed by atoms with Gasteiger partial charge in [0.05, 0.1) is 10.6 Å². The van der Waals surface area contributed by atoms with Crippen LogP contribution in [0.25, 0.3) is 5.69 Å². The fourth-order valence-electron chi connectivity index (χ4n) is 1.80. The highest BCUT2D eigenvalue weighted by Gasteiger charge is 2.24. The molecule has 1 aromatic heterocycles. The number of nitrogens with zero attached hydrogens (tertiary/aromatic N) is 4. The van der Waals surface area contributed by atoms with Gasteiger partial charge >= 0.3 is 5.97 Å². The third kappa shape index (κ3) is 2.20. The molecule has 0 aliphatic carbocycles. The molecule has 0 unspecified atom stereocenters. The summed E-state index contributed by atoms with van der Waals surface area (Å²) in [5.41, 5.74) is -0.702. The monoisotopic (exact) mass is 280 g/mol. The van der Waals surface area contributed by atoms with E-state index in [-0.39, 0.29) is 29.2 Å². The number of carbonyl (C=O) groups is 1. The molecule has 0 saturated heterocycles. The van der Waals surface area contributed by atoms with E-state index in [0.717, 1.165) is 22.9 Å². The first-order valence-corrected chi connectivity index (χ1v) is 5.57. The van der Waals surface area contributed by atoms with Crippen molar-refractivity contribution >= 4 is 11.7 Å². The number of aromatic carboxylic acids is 1. The molecule has 0 bridgehead atoms. The molecule has 0 amide bonds. The summed E-state index contributed by atoms with van der Waals surface area (Å²) >= 11 is 0. The summed E-state index contributed by atoms with van der Waals surface area (Å²) in [5, 5.41) is 27.0. The van der Waals surface area contributed by atoms with Crippen molar-refractivity contribution in [2.75, 3.05) is 0 Å². The summed E-state index contributed by atoms with van der Waals surface area (Å²) in [4.78, 5) is 21.2. The van der Waals surface area contributed by atoms with E-state index in [9.17, 15) is 19.3 Å². The number of nitro groups is 1. The molecule has 0 atom stereocenters. The number of carboxylic acids is 1. The first-order chi connectivity index (χ1) is 9.45. The van der Waals surface area contributed by atoms with Gasteiger partial charge in [0, 0.05) is 12.1 Å². The van der Waals surface area contributed by atoms with Crippen LogP contribution in [0, 0.1) is 15.9 Å². The highest BCUT2D eigenvalue weighted by Crippen LogP contribution is 2.25. The van der Waals surface area contributed by atoms with Crippen LogP contribution >= 0.6 is 0 Å². The molecular formula is C11H9FN4O4. The number of carboxylic acid groups (broad SMARTS) is 1. The highest BCUT2D eigenvalue weighted by atomic mass is 19.1. The van der Waals surface area contributed by atoms with Crippen molar-refractivity contribution in [3.8, 4) is 5.69 Å². The zero-order chi connectivity index (χ0) is 14.9. The molecule has 2 aromatic rings. The molecule has 0 radical (unpaired) electrons. The molecule has 2 rings (SSSR count). The Labute approximate surface area is 111 Å². The number of aromatic nitrogens is 3. The van der Waals surface area contributed by atoms with Gasteiger partial charge in [-0.15, -0.1) is 5.10 Å². The molecule has 8 nitrogen and oxygen atoms in total. The summed E-state index contributed by atoms with van der Waals surface area (Å²) in [7, 11) is 0. The minimum atomic E-state index is -1.30. The van der Waals surface area contributed by atoms with E-state index < -0.39 is 16.7 Å². The zero-order valence-corrected chi connectivity index (χ0v) is 10.3. The van der Waals surface area contributed by atoms with Gasteiger partial charge in [-0.05, 0) is 12.5 Å². The largest absolute Gasteiger partial charge is 0.476 e. The van der Waals surface area contributed by atoms with Gasteiger partial charge in [-0.3, -0.25) is 10.1 Å². The predicted octanol–water partition coefficient (Wildman–Crippen LogP) is 1.58. The molecule has 0 saturated carbocycles. The summed E-state index contributed by atoms with van der Waals surface area (Å²) < 4.78 is 14.3. The van der Waals surface area contributed by atoms with Crippen molar-refractivity contribution < 1.29 is 19.2 Å². The summed E-state index contributed by atoms with van der Waals surface area (Å²) in [6.45, 7) is 1.65. The molecule has 1 N–H and O–H groups in total. The molecule has 9 heteroatoms. The lowest BCUT2D eigenvalue weighted by atomic mass is 10.2. The van der Waals surface area contributed by atoms with Gasteiger partial charge < -0.3 is 5.11 Å². The molecular weight excluding hydrogens is 271 g/mol. The van der Waals surface area contributed by atoms with Crippen molar-refractivity contribution in [2.24, 2.45) is 0 Å². The normalized spacial score (nSPS) is 10.5. The zero-order valence-electron chi connectivity index (χ0n) is 10.3. The quantitative estimate of drug-likeness (QED) is 0.672. The fraction of sp³-hybridized carbons (Fsp3) is 0.182. The standard InChI is InChI=1S/C11H9FN4O4/c1-2-7-10(11(17)18)13-14-15(7)9-5-6(12)3-4-8(9)16(19)20/h3-5H,2H2,1H3,(H,17,18). The van der Waals surface area contributed by atoms with Crippen LogP contribution in [-0.2, 0) is 6.42 Å². The van der Waals surface area contributed by atoms with Crippen LogP contribution in [0.15, 0.2) is 18.2 Å². The maximum Gasteiger partial charge on any atom is 0.358 e. The Hall–Kier alpha value is -2.84. The first kappa shape index (κ1) is 13.6. The van der Waals surface area contributed by atoms with Crippen LogP contribution < -0.4 is 0 Å². The van der Waals surface area contributed by atoms with E-state index in [1.165, 1.54) is 0 Å². The van der Waals surface area contributed by atoms with Crippen LogP contribution in [0.2, 0.25) is 0 Å². The number of hydrogen-bond donors (Lipinski definition) is 1. The lowest BCUT2D eigenvalue weighted by Gasteiger charge is -2.06. The van der Waals surface area contributed by atoms with Crippen molar-refractivity contribution in [1.29, 1.82) is 0 Å². The van der Waals surface area contributed by atoms with Crippen molar-refractivity contribution in [3.05, 3.63) is 45.5 Å². The van der Waals surface area contributed by atoms with Crippen molar-refractivity contribution in [3.63, 3.8) is 0 Å². The van der Waals surface area contributed by atoms with Crippen LogP contribution in [0.4, 0.5) is 10.1 Å². The Balaban J connectivity index is 2.71. The molecule has 1 aromatic carbocycles. The Kier molecular flexibility index (Phi) is 3.42. The number of benzene rings is 1. The fourth-order valence-corrected chi connectivity index (χ4v) is 1.80. The lowest BCUT2D eigenvalue weighted by Crippen LogP contribution is -2.08. The van der Waals surface area contributed by atoms with Crippen LogP contribution in [0.1, 0.15) is 23.1 Å². The minimum absolute atomic E-state index is 0.159. The van der Waals surface area contributed by atoms with Gasteiger partial charge in [-0.25, -0.2) is 13.9 Å². The predicted molar refractivity (Wildman–Crippen MR) is 64.3 cm³/mol. The Morgan fingerprint density at radius 3 is 2.80 bits per heavy atom. The molecule has 0 spiro atoms. The minimum Gasteiger partial charge on any atom is -0.476 e. The number of halogens is 1. The van der Waals surface area contributed by atoms with Crippen molar-refractivity contribution in [2.45, 2.75) is 13.3 Å². The molecule has 0 aliphatic rings. The van der Waals surface area contributed by atoms with E-state index in [1.807, 2.05) is 0 Å². The second-order valence-electron chi connectivity index (χ2n) is 3.85. The number of nitro benzene ring substituents is 1. The maximum absolute atomic E-state index is 13.3. The van der Waals surface area contributed by atoms with Gasteiger partial charge in [0.2, 0.25) is 0 Å². The van der Waals surface area contributed by atoms with Gasteiger partial charge in [0.15, 0.2) is 5.69 Å². The first-order valence-electron chi connectivity index (χ1n) is 5.57. The van der Waals surface area contributed by atoms with E-state index in [4.69, 9.17) is 5.11 Å². The average Bonchev–Trinajstić information content (AvgIpc) is 2.81. The molecule has 104 valence electrons. The Morgan fingerprint density at radius 1 is 1.55 bits per heavy atom. The molecule has 1 heterocycles. The van der Waals surface area contributed by atoms with Crippen molar-refractivity contribution in [1.82, 2.24) is 15.0 Å². The van der Waals surface area contributed by atoms with Gasteiger partial charge in [0.25, 0.3) is 5.69 Å². The van der Waals surface area contributed by atoms with Gasteiger partial charge in [-0.2, -0.15) is 0 Å². The van der Waals surface area contributed by atoms with Gasteiger partial charge in [-0.1, -0.05) is 12.1 Å². The van der Waals surface area contributed by atoms with Crippen LogP contribution in [-0.4, -0.2) is 31.0 Å². The number of hydrogen-bond acceptors (Lipinski definition) is 5. The van der Waals surface area contributed by atoms with E-state index in [2.05, 4.69) is 10.3 Å². The average molecular weight is 280 g/mol. The summed E-state index contributed by atoms with van der Waals surface area (Å²) in [6.07, 6.45) is 0.225. The number of rotatable bonds is 4. The van der Waals surface area contributed by atoms with Crippen LogP contribution in [0.5, 0.6) is 0 Å². The highest BCUT2D eigenvalue weighted by molar-refractivity contribution is 5.86. The third-order valence-electron chi connectivity index (χ3n) is 2.66. The van der Waals surface area contributed by atoms with E-state index in [0.29, 0.717) is 0 Å². The smallest absolute Gasteiger partial charge is 0.358 e. The van der Waals surface area contributed by atoms with Gasteiger partial charge in [0.1, 0.15) is 11.5 Å². The van der Waals surface area contributed by atoms with E-state index >= 15 is 0 Å².